The van der Waals surface area contributed by atoms with E-state index in [1.54, 1.807) is 0 Å². The third-order valence-corrected chi connectivity index (χ3v) is 2.21. The molecule has 0 amide bonds. The van der Waals surface area contributed by atoms with E-state index in [0.29, 0.717) is 0 Å². The number of benzene rings is 1. The standard InChI is InChI=1S/C12H19NO/c1-2-3-9-14-10-8-11-6-4-5-7-12(11)13/h4-7H,2-3,8-10,13H2,1H3. The first-order valence-electron chi connectivity index (χ1n) is 5.25. The van der Waals surface area contributed by atoms with Crippen molar-refractivity contribution in [1.29, 1.82) is 0 Å². The van der Waals surface area contributed by atoms with Crippen LogP contribution in [-0.4, -0.2) is 13.2 Å². The van der Waals surface area contributed by atoms with Crippen LogP contribution >= 0.6 is 0 Å². The summed E-state index contributed by atoms with van der Waals surface area (Å²) in [6.07, 6.45) is 3.24. The summed E-state index contributed by atoms with van der Waals surface area (Å²) in [4.78, 5) is 0. The molecular formula is C12H19NO. The molecule has 0 unspecified atom stereocenters. The first kappa shape index (κ1) is 11.1. The van der Waals surface area contributed by atoms with E-state index in [4.69, 9.17) is 10.5 Å². The summed E-state index contributed by atoms with van der Waals surface area (Å²) in [5, 5.41) is 0. The normalized spacial score (nSPS) is 10.4. The fraction of sp³-hybridized carbons (Fsp3) is 0.500. The average molecular weight is 193 g/mol. The van der Waals surface area contributed by atoms with Crippen molar-refractivity contribution in [3.05, 3.63) is 29.8 Å². The van der Waals surface area contributed by atoms with Crippen LogP contribution in [0.15, 0.2) is 24.3 Å². The highest BCUT2D eigenvalue weighted by molar-refractivity contribution is 5.46. The van der Waals surface area contributed by atoms with Crippen molar-refractivity contribution in [3.8, 4) is 0 Å². The van der Waals surface area contributed by atoms with Crippen LogP contribution in [0, 0.1) is 0 Å². The third kappa shape index (κ3) is 3.79. The lowest BCUT2D eigenvalue weighted by molar-refractivity contribution is 0.134. The van der Waals surface area contributed by atoms with E-state index in [2.05, 4.69) is 13.0 Å². The first-order chi connectivity index (χ1) is 6.84. The minimum Gasteiger partial charge on any atom is -0.399 e. The molecule has 78 valence electrons. The van der Waals surface area contributed by atoms with Crippen molar-refractivity contribution in [3.63, 3.8) is 0 Å². The number of rotatable bonds is 6. The zero-order valence-electron chi connectivity index (χ0n) is 8.83. The summed E-state index contributed by atoms with van der Waals surface area (Å²) in [7, 11) is 0. The number of anilines is 1. The Kier molecular flexibility index (Phi) is 5.08. The Bertz CT molecular complexity index is 260. The molecule has 2 nitrogen and oxygen atoms in total. The molecule has 0 spiro atoms. The Hall–Kier alpha value is -1.02. The van der Waals surface area contributed by atoms with Gasteiger partial charge in [-0.05, 0) is 24.5 Å². The molecule has 1 aromatic rings. The molecule has 2 N–H and O–H groups in total. The van der Waals surface area contributed by atoms with Gasteiger partial charge in [-0.25, -0.2) is 0 Å². The maximum absolute atomic E-state index is 5.81. The summed E-state index contributed by atoms with van der Waals surface area (Å²) >= 11 is 0. The summed E-state index contributed by atoms with van der Waals surface area (Å²) in [5.41, 5.74) is 7.86. The number of hydrogen-bond donors (Lipinski definition) is 1. The highest BCUT2D eigenvalue weighted by Gasteiger charge is 1.96. The monoisotopic (exact) mass is 193 g/mol. The fourth-order valence-electron chi connectivity index (χ4n) is 1.29. The van der Waals surface area contributed by atoms with Gasteiger partial charge in [0.2, 0.25) is 0 Å². The van der Waals surface area contributed by atoms with E-state index < -0.39 is 0 Å². The van der Waals surface area contributed by atoms with Crippen LogP contribution in [0.5, 0.6) is 0 Å². The van der Waals surface area contributed by atoms with Gasteiger partial charge in [-0.2, -0.15) is 0 Å². The topological polar surface area (TPSA) is 35.2 Å². The number of unbranched alkanes of at least 4 members (excludes halogenated alkanes) is 1. The molecule has 0 radical (unpaired) electrons. The van der Waals surface area contributed by atoms with Crippen LogP contribution in [0.2, 0.25) is 0 Å². The van der Waals surface area contributed by atoms with Gasteiger partial charge in [0, 0.05) is 12.3 Å². The van der Waals surface area contributed by atoms with Gasteiger partial charge in [-0.3, -0.25) is 0 Å². The van der Waals surface area contributed by atoms with Crippen molar-refractivity contribution < 1.29 is 4.74 Å². The fourth-order valence-corrected chi connectivity index (χ4v) is 1.29. The van der Waals surface area contributed by atoms with Gasteiger partial charge in [0.15, 0.2) is 0 Å². The number of nitrogens with two attached hydrogens (primary N) is 1. The Labute approximate surface area is 86.1 Å². The number of para-hydroxylation sites is 1. The van der Waals surface area contributed by atoms with Gasteiger partial charge >= 0.3 is 0 Å². The second-order valence-electron chi connectivity index (χ2n) is 3.41. The summed E-state index contributed by atoms with van der Waals surface area (Å²) in [6, 6.07) is 7.95. The zero-order valence-corrected chi connectivity index (χ0v) is 8.83. The van der Waals surface area contributed by atoms with E-state index in [0.717, 1.165) is 31.7 Å². The van der Waals surface area contributed by atoms with Gasteiger partial charge in [0.05, 0.1) is 6.61 Å². The van der Waals surface area contributed by atoms with Crippen LogP contribution in [0.1, 0.15) is 25.3 Å². The molecule has 2 heteroatoms. The smallest absolute Gasteiger partial charge is 0.0507 e. The van der Waals surface area contributed by atoms with E-state index in [9.17, 15) is 0 Å². The van der Waals surface area contributed by atoms with Crippen LogP contribution in [0.25, 0.3) is 0 Å². The molecule has 0 aliphatic carbocycles. The Morgan fingerprint density at radius 2 is 2.00 bits per heavy atom. The second kappa shape index (κ2) is 6.44. The van der Waals surface area contributed by atoms with Crippen molar-refractivity contribution in [2.45, 2.75) is 26.2 Å². The van der Waals surface area contributed by atoms with Crippen molar-refractivity contribution in [1.82, 2.24) is 0 Å². The minimum atomic E-state index is 0.772. The summed E-state index contributed by atoms with van der Waals surface area (Å²) in [5.74, 6) is 0. The van der Waals surface area contributed by atoms with Crippen LogP contribution in [-0.2, 0) is 11.2 Å². The van der Waals surface area contributed by atoms with Crippen LogP contribution in [0.4, 0.5) is 5.69 Å². The SMILES string of the molecule is CCCCOCCc1ccccc1N. The molecule has 0 aromatic heterocycles. The van der Waals surface area contributed by atoms with Gasteiger partial charge < -0.3 is 10.5 Å². The van der Waals surface area contributed by atoms with E-state index in [1.807, 2.05) is 18.2 Å². The molecular weight excluding hydrogens is 174 g/mol. The molecule has 0 atom stereocenters. The largest absolute Gasteiger partial charge is 0.399 e. The minimum absolute atomic E-state index is 0.772. The molecule has 1 aromatic carbocycles. The van der Waals surface area contributed by atoms with Crippen molar-refractivity contribution in [2.24, 2.45) is 0 Å². The zero-order chi connectivity index (χ0) is 10.2. The Balaban J connectivity index is 2.21. The lowest BCUT2D eigenvalue weighted by Crippen LogP contribution is -2.02. The molecule has 0 saturated heterocycles. The quantitative estimate of drug-likeness (QED) is 0.557. The van der Waals surface area contributed by atoms with Gasteiger partial charge in [-0.15, -0.1) is 0 Å². The maximum atomic E-state index is 5.81. The Morgan fingerprint density at radius 3 is 2.71 bits per heavy atom. The summed E-state index contributed by atoms with van der Waals surface area (Å²) < 4.78 is 5.48. The van der Waals surface area contributed by atoms with Gasteiger partial charge in [-0.1, -0.05) is 31.5 Å². The number of hydrogen-bond acceptors (Lipinski definition) is 2. The maximum Gasteiger partial charge on any atom is 0.0507 e. The van der Waals surface area contributed by atoms with Gasteiger partial charge in [0.25, 0.3) is 0 Å². The lowest BCUT2D eigenvalue weighted by Gasteiger charge is -2.05. The molecule has 14 heavy (non-hydrogen) atoms. The molecule has 0 aliphatic heterocycles. The van der Waals surface area contributed by atoms with E-state index in [-0.39, 0.29) is 0 Å². The van der Waals surface area contributed by atoms with Crippen molar-refractivity contribution in [2.75, 3.05) is 18.9 Å². The third-order valence-electron chi connectivity index (χ3n) is 2.21. The van der Waals surface area contributed by atoms with Crippen LogP contribution < -0.4 is 5.73 Å². The highest BCUT2D eigenvalue weighted by Crippen LogP contribution is 2.10. The summed E-state index contributed by atoms with van der Waals surface area (Å²) in [6.45, 7) is 3.80. The average Bonchev–Trinajstić information content (AvgIpc) is 2.20. The highest BCUT2D eigenvalue weighted by atomic mass is 16.5. The molecule has 0 fully saturated rings. The molecule has 0 aliphatic rings. The number of nitrogen functional groups attached to an aromatic ring is 1. The molecule has 0 heterocycles. The predicted octanol–water partition coefficient (Wildman–Crippen LogP) is 2.63. The Morgan fingerprint density at radius 1 is 1.21 bits per heavy atom. The van der Waals surface area contributed by atoms with Gasteiger partial charge in [0.1, 0.15) is 0 Å². The molecule has 0 bridgehead atoms. The second-order valence-corrected chi connectivity index (χ2v) is 3.41. The van der Waals surface area contributed by atoms with E-state index >= 15 is 0 Å². The lowest BCUT2D eigenvalue weighted by atomic mass is 10.1. The van der Waals surface area contributed by atoms with E-state index in [1.165, 1.54) is 12.0 Å². The molecule has 1 rings (SSSR count). The van der Waals surface area contributed by atoms with Crippen LogP contribution in [0.3, 0.4) is 0 Å². The molecule has 0 saturated carbocycles. The van der Waals surface area contributed by atoms with Crippen molar-refractivity contribution >= 4 is 5.69 Å². The number of ether oxygens (including phenoxy) is 1. The predicted molar refractivity (Wildman–Crippen MR) is 60.3 cm³/mol. The first-order valence-corrected chi connectivity index (χ1v) is 5.25.